The molecule has 0 aromatic carbocycles. The highest BCUT2D eigenvalue weighted by Crippen LogP contribution is 2.47. The molecule has 1 N–H and O–H groups in total. The molecule has 4 rings (SSSR count). The molecule has 35 heavy (non-hydrogen) atoms. The van der Waals surface area contributed by atoms with Crippen molar-refractivity contribution in [2.75, 3.05) is 36.0 Å². The molecule has 0 radical (unpaired) electrons. The molecule has 10 nitrogen and oxygen atoms in total. The number of aliphatic hydroxyl groups is 1. The molecule has 4 heterocycles. The number of nitriles is 1. The number of anilines is 3. The van der Waals surface area contributed by atoms with Gasteiger partial charge in [-0.25, -0.2) is 19.7 Å². The first-order valence-electron chi connectivity index (χ1n) is 11.8. The fraction of sp³-hybridized carbons (Fsp3) is 0.560. The number of fused-ring (bicyclic) bond motifs is 1. The van der Waals surface area contributed by atoms with E-state index in [1.54, 1.807) is 23.2 Å². The van der Waals surface area contributed by atoms with Gasteiger partial charge in [0.15, 0.2) is 0 Å². The number of hydrogen-bond donors (Lipinski definition) is 1. The van der Waals surface area contributed by atoms with Crippen molar-refractivity contribution in [2.24, 2.45) is 0 Å². The summed E-state index contributed by atoms with van der Waals surface area (Å²) < 4.78 is 5.62. The van der Waals surface area contributed by atoms with Gasteiger partial charge in [-0.15, -0.1) is 0 Å². The molecule has 2 aromatic rings. The predicted octanol–water partition coefficient (Wildman–Crippen LogP) is 2.98. The van der Waals surface area contributed by atoms with E-state index in [9.17, 15) is 15.2 Å². The molecule has 1 saturated heterocycles. The van der Waals surface area contributed by atoms with Crippen LogP contribution in [0.3, 0.4) is 0 Å². The van der Waals surface area contributed by atoms with Crippen molar-refractivity contribution in [1.29, 1.82) is 5.26 Å². The normalized spacial score (nSPS) is 24.2. The van der Waals surface area contributed by atoms with Crippen molar-refractivity contribution in [3.8, 4) is 6.07 Å². The zero-order chi connectivity index (χ0) is 25.5. The summed E-state index contributed by atoms with van der Waals surface area (Å²) in [5.74, 6) is 2.01. The van der Waals surface area contributed by atoms with Gasteiger partial charge in [0.1, 0.15) is 29.4 Å². The van der Waals surface area contributed by atoms with Crippen LogP contribution in [0.2, 0.25) is 0 Å². The molecule has 2 aliphatic heterocycles. The second-order valence-electron chi connectivity index (χ2n) is 10.7. The molecule has 1 amide bonds. The number of ether oxygens (including phenoxy) is 1. The Balaban J connectivity index is 1.70. The number of aliphatic hydroxyl groups excluding tert-OH is 1. The van der Waals surface area contributed by atoms with Crippen LogP contribution in [0, 0.1) is 11.3 Å². The first-order valence-corrected chi connectivity index (χ1v) is 11.8. The van der Waals surface area contributed by atoms with Gasteiger partial charge in [-0.2, -0.15) is 5.26 Å². The maximum Gasteiger partial charge on any atom is 0.410 e. The fourth-order valence-corrected chi connectivity index (χ4v) is 4.78. The Bertz CT molecular complexity index is 1160. The van der Waals surface area contributed by atoms with E-state index >= 15 is 0 Å². The minimum absolute atomic E-state index is 0.0326. The van der Waals surface area contributed by atoms with Gasteiger partial charge < -0.3 is 24.5 Å². The highest BCUT2D eigenvalue weighted by molar-refractivity contribution is 5.75. The lowest BCUT2D eigenvalue weighted by molar-refractivity contribution is 0.0129. The number of pyridine rings is 1. The van der Waals surface area contributed by atoms with Crippen LogP contribution in [0.15, 0.2) is 24.7 Å². The molecule has 1 unspecified atom stereocenters. The van der Waals surface area contributed by atoms with Gasteiger partial charge in [0, 0.05) is 48.9 Å². The average Bonchev–Trinajstić information content (AvgIpc) is 3.13. The summed E-state index contributed by atoms with van der Waals surface area (Å²) in [5, 5.41) is 19.8. The standard InChI is InChI=1S/C25H33N7O3/c1-16-12-31(23(34)35-24(3,4)5)17(2)11-30(16)21-20-22(29-15-28-21)32(13-25(20,6)14-33)19-9-18(10-26)7-8-27-19/h7-9,15-17,33H,11-14H2,1-6H3/t16-,17+,25?/m0/s1. The number of hydrogen-bond acceptors (Lipinski definition) is 9. The summed E-state index contributed by atoms with van der Waals surface area (Å²) in [6.07, 6.45) is 2.80. The third kappa shape index (κ3) is 4.60. The van der Waals surface area contributed by atoms with Gasteiger partial charge in [0.25, 0.3) is 0 Å². The highest BCUT2D eigenvalue weighted by atomic mass is 16.6. The Morgan fingerprint density at radius 3 is 2.60 bits per heavy atom. The molecule has 1 fully saturated rings. The average molecular weight is 480 g/mol. The topological polar surface area (TPSA) is 119 Å². The maximum absolute atomic E-state index is 12.8. The molecule has 2 aromatic heterocycles. The number of rotatable bonds is 3. The van der Waals surface area contributed by atoms with Crippen molar-refractivity contribution in [3.05, 3.63) is 35.8 Å². The highest BCUT2D eigenvalue weighted by Gasteiger charge is 2.46. The number of piperazine rings is 1. The van der Waals surface area contributed by atoms with Crippen LogP contribution < -0.4 is 9.80 Å². The minimum Gasteiger partial charge on any atom is -0.444 e. The van der Waals surface area contributed by atoms with E-state index in [1.165, 1.54) is 6.33 Å². The number of amides is 1. The van der Waals surface area contributed by atoms with Crippen LogP contribution >= 0.6 is 0 Å². The number of aromatic nitrogens is 3. The second kappa shape index (κ2) is 8.96. The lowest BCUT2D eigenvalue weighted by atomic mass is 9.85. The Morgan fingerprint density at radius 1 is 1.23 bits per heavy atom. The van der Waals surface area contributed by atoms with E-state index in [2.05, 4.69) is 32.8 Å². The molecular weight excluding hydrogens is 446 g/mol. The van der Waals surface area contributed by atoms with Gasteiger partial charge in [-0.3, -0.25) is 0 Å². The predicted molar refractivity (Wildman–Crippen MR) is 132 cm³/mol. The van der Waals surface area contributed by atoms with Crippen molar-refractivity contribution in [3.63, 3.8) is 0 Å². The number of nitrogens with zero attached hydrogens (tertiary/aromatic N) is 7. The summed E-state index contributed by atoms with van der Waals surface area (Å²) in [7, 11) is 0. The Kier molecular flexibility index (Phi) is 6.32. The molecule has 2 aliphatic rings. The van der Waals surface area contributed by atoms with Gasteiger partial charge >= 0.3 is 6.09 Å². The lowest BCUT2D eigenvalue weighted by Crippen LogP contribution is -2.59. The zero-order valence-corrected chi connectivity index (χ0v) is 21.2. The van der Waals surface area contributed by atoms with Crippen molar-refractivity contribution in [1.82, 2.24) is 19.9 Å². The van der Waals surface area contributed by atoms with Crippen LogP contribution in [-0.2, 0) is 10.2 Å². The Morgan fingerprint density at radius 2 is 1.94 bits per heavy atom. The van der Waals surface area contributed by atoms with Crippen molar-refractivity contribution < 1.29 is 14.6 Å². The molecule has 3 atom stereocenters. The minimum atomic E-state index is -0.637. The van der Waals surface area contributed by atoms with Crippen molar-refractivity contribution in [2.45, 2.75) is 64.6 Å². The molecule has 10 heteroatoms. The van der Waals surface area contributed by atoms with Crippen LogP contribution in [-0.4, -0.2) is 75.0 Å². The summed E-state index contributed by atoms with van der Waals surface area (Å²) >= 11 is 0. The third-order valence-electron chi connectivity index (χ3n) is 6.56. The SMILES string of the molecule is C[C@@H]1CN(c2ncnc3c2C(C)(CO)CN3c2cc(C#N)ccn2)[C@@H](C)CN1C(=O)OC(C)(C)C. The molecule has 0 bridgehead atoms. The quantitative estimate of drug-likeness (QED) is 0.708. The van der Waals surface area contributed by atoms with Gasteiger partial charge in [-0.1, -0.05) is 6.92 Å². The first-order chi connectivity index (χ1) is 16.5. The lowest BCUT2D eigenvalue weighted by Gasteiger charge is -2.45. The van der Waals surface area contributed by atoms with Crippen LogP contribution in [0.4, 0.5) is 22.2 Å². The monoisotopic (exact) mass is 479 g/mol. The molecule has 0 saturated carbocycles. The summed E-state index contributed by atoms with van der Waals surface area (Å²) in [4.78, 5) is 32.4. The first kappa shape index (κ1) is 24.7. The summed E-state index contributed by atoms with van der Waals surface area (Å²) in [5.41, 5.74) is 0.149. The Hall–Kier alpha value is -3.45. The smallest absolute Gasteiger partial charge is 0.410 e. The molecule has 0 spiro atoms. The maximum atomic E-state index is 12.8. The van der Waals surface area contributed by atoms with E-state index in [0.717, 1.165) is 11.4 Å². The largest absolute Gasteiger partial charge is 0.444 e. The molecular formula is C25H33N7O3. The van der Waals surface area contributed by atoms with E-state index in [4.69, 9.17) is 4.74 Å². The van der Waals surface area contributed by atoms with E-state index in [1.807, 2.05) is 39.5 Å². The summed E-state index contributed by atoms with van der Waals surface area (Å²) in [6.45, 7) is 13.0. The molecule has 0 aliphatic carbocycles. The summed E-state index contributed by atoms with van der Waals surface area (Å²) in [6, 6.07) is 5.40. The van der Waals surface area contributed by atoms with Gasteiger partial charge in [-0.05, 0) is 46.8 Å². The van der Waals surface area contributed by atoms with Crippen molar-refractivity contribution >= 4 is 23.5 Å². The zero-order valence-electron chi connectivity index (χ0n) is 21.2. The fourth-order valence-electron chi connectivity index (χ4n) is 4.78. The number of carbonyl (C=O) groups excluding carboxylic acids is 1. The van der Waals surface area contributed by atoms with Crippen LogP contribution in [0.25, 0.3) is 0 Å². The van der Waals surface area contributed by atoms with E-state index in [-0.39, 0.29) is 24.8 Å². The van der Waals surface area contributed by atoms with Gasteiger partial charge in [0.2, 0.25) is 0 Å². The van der Waals surface area contributed by atoms with Gasteiger partial charge in [0.05, 0.1) is 18.2 Å². The van der Waals surface area contributed by atoms with E-state index < -0.39 is 11.0 Å². The van der Waals surface area contributed by atoms with E-state index in [0.29, 0.717) is 36.8 Å². The third-order valence-corrected chi connectivity index (χ3v) is 6.56. The Labute approximate surface area is 206 Å². The second-order valence-corrected chi connectivity index (χ2v) is 10.7. The van der Waals surface area contributed by atoms with Crippen LogP contribution in [0.1, 0.15) is 52.7 Å². The molecule has 186 valence electrons. The number of carbonyl (C=O) groups is 1. The van der Waals surface area contributed by atoms with Crippen LogP contribution in [0.5, 0.6) is 0 Å².